The summed E-state index contributed by atoms with van der Waals surface area (Å²) in [6, 6.07) is 2.74. The second-order valence-electron chi connectivity index (χ2n) is 9.41. The molecule has 5 rings (SSSR count). The van der Waals surface area contributed by atoms with E-state index in [9.17, 15) is 39.0 Å². The lowest BCUT2D eigenvalue weighted by Gasteiger charge is -2.49. The summed E-state index contributed by atoms with van der Waals surface area (Å²) in [7, 11) is 0. The average molecular weight is 642 g/mol. The minimum Gasteiger partial charge on any atom is -0.508 e. The van der Waals surface area contributed by atoms with Crippen molar-refractivity contribution in [3.8, 4) is 5.75 Å². The van der Waals surface area contributed by atoms with Gasteiger partial charge in [0.05, 0.1) is 5.39 Å². The molecule has 0 saturated carbocycles. The molecule has 2 unspecified atom stereocenters. The van der Waals surface area contributed by atoms with Crippen molar-refractivity contribution in [2.24, 2.45) is 5.73 Å². The number of nitrogens with zero attached hydrogens (tertiary/aromatic N) is 3. The van der Waals surface area contributed by atoms with E-state index in [1.165, 1.54) is 42.2 Å². The number of amides is 4. The Bertz CT molecular complexity index is 1790. The Hall–Kier alpha value is -5.10. The summed E-state index contributed by atoms with van der Waals surface area (Å²) in [5.74, 6) is -3.96. The van der Waals surface area contributed by atoms with Gasteiger partial charge in [-0.05, 0) is 24.0 Å². The molecule has 2 aliphatic rings. The number of aromatic nitrogens is 3. The average Bonchev–Trinajstić information content (AvgIpc) is 3.00. The maximum Gasteiger partial charge on any atom is 0.404 e. The first kappa shape index (κ1) is 30.4. The molecule has 2 aromatic heterocycles. The lowest BCUT2D eigenvalue weighted by Crippen LogP contribution is -2.71. The van der Waals surface area contributed by atoms with Gasteiger partial charge in [0.15, 0.2) is 5.16 Å². The van der Waals surface area contributed by atoms with Crippen LogP contribution in [0.15, 0.2) is 57.9 Å². The van der Waals surface area contributed by atoms with Crippen molar-refractivity contribution >= 4 is 64.3 Å². The zero-order valence-electron chi connectivity index (χ0n) is 22.6. The molecule has 0 bridgehead atoms. The van der Waals surface area contributed by atoms with Gasteiger partial charge < -0.3 is 36.3 Å². The number of aromatic amines is 1. The number of ether oxygens (including phenoxy) is 1. The highest BCUT2D eigenvalue weighted by Gasteiger charge is 2.54. The molecule has 3 aromatic rings. The van der Waals surface area contributed by atoms with Crippen LogP contribution in [-0.4, -0.2) is 89.9 Å². The Morgan fingerprint density at radius 2 is 1.98 bits per heavy atom. The van der Waals surface area contributed by atoms with E-state index in [0.29, 0.717) is 5.16 Å². The molecule has 18 heteroatoms. The number of phenolic OH excluding ortho intramolecular Hbond substituents is 1. The fourth-order valence-electron chi connectivity index (χ4n) is 4.63. The van der Waals surface area contributed by atoms with Crippen molar-refractivity contribution in [2.45, 2.75) is 22.6 Å². The molecule has 2 aliphatic heterocycles. The number of carboxylic acids is 1. The maximum absolute atomic E-state index is 13.6. The van der Waals surface area contributed by atoms with Gasteiger partial charge in [0, 0.05) is 23.7 Å². The zero-order chi connectivity index (χ0) is 31.7. The third-order valence-corrected chi connectivity index (χ3v) is 8.64. The number of carbonyl (C=O) groups excluding carboxylic acids is 4. The van der Waals surface area contributed by atoms with E-state index < -0.39 is 59.3 Å². The number of aliphatic carboxylic acids is 1. The SMILES string of the molecule is CSc1ncc2c(=O)c(C(=O)NC(C(=O)NC3C(=O)N4C(C(=O)O)=C(COC(N)=O)CS[C@@H]34)c3ccc(O)cc3)c[nH]c2n1. The number of nitrogens with one attached hydrogen (secondary N) is 3. The Morgan fingerprint density at radius 3 is 2.64 bits per heavy atom. The van der Waals surface area contributed by atoms with Gasteiger partial charge in [-0.1, -0.05) is 23.9 Å². The predicted octanol–water partition coefficient (Wildman–Crippen LogP) is 0.0506. The highest BCUT2D eigenvalue weighted by molar-refractivity contribution is 8.00. The second kappa shape index (κ2) is 12.3. The lowest BCUT2D eigenvalue weighted by molar-refractivity contribution is -0.151. The third-order valence-electron chi connectivity index (χ3n) is 6.74. The van der Waals surface area contributed by atoms with Crippen LogP contribution in [-0.2, 0) is 19.1 Å². The van der Waals surface area contributed by atoms with Crippen molar-refractivity contribution in [2.75, 3.05) is 18.6 Å². The number of nitrogens with two attached hydrogens (primary N) is 1. The minimum atomic E-state index is -1.43. The predicted molar refractivity (Wildman–Crippen MR) is 155 cm³/mol. The van der Waals surface area contributed by atoms with E-state index in [2.05, 4.69) is 25.6 Å². The highest BCUT2D eigenvalue weighted by Crippen LogP contribution is 2.40. The molecule has 0 spiro atoms. The van der Waals surface area contributed by atoms with Crippen LogP contribution in [0.1, 0.15) is 22.0 Å². The van der Waals surface area contributed by atoms with Crippen LogP contribution >= 0.6 is 23.5 Å². The molecule has 1 saturated heterocycles. The fourth-order valence-corrected chi connectivity index (χ4v) is 6.29. The largest absolute Gasteiger partial charge is 0.508 e. The van der Waals surface area contributed by atoms with Crippen molar-refractivity contribution < 1.29 is 38.9 Å². The second-order valence-corrected chi connectivity index (χ2v) is 11.3. The van der Waals surface area contributed by atoms with Gasteiger partial charge in [0.2, 0.25) is 11.3 Å². The van der Waals surface area contributed by atoms with Gasteiger partial charge in [-0.15, -0.1) is 11.8 Å². The van der Waals surface area contributed by atoms with E-state index in [0.717, 1.165) is 22.9 Å². The molecule has 1 fully saturated rings. The van der Waals surface area contributed by atoms with Crippen molar-refractivity contribution in [1.82, 2.24) is 30.5 Å². The van der Waals surface area contributed by atoms with Crippen LogP contribution in [0.5, 0.6) is 5.75 Å². The highest BCUT2D eigenvalue weighted by atomic mass is 32.2. The quantitative estimate of drug-likeness (QED) is 0.103. The van der Waals surface area contributed by atoms with Crippen LogP contribution < -0.4 is 21.8 Å². The van der Waals surface area contributed by atoms with E-state index in [-0.39, 0.29) is 44.9 Å². The van der Waals surface area contributed by atoms with Gasteiger partial charge in [-0.25, -0.2) is 19.6 Å². The first-order valence-corrected chi connectivity index (χ1v) is 14.9. The number of hydrogen-bond donors (Lipinski definition) is 6. The van der Waals surface area contributed by atoms with Gasteiger partial charge >= 0.3 is 12.1 Å². The van der Waals surface area contributed by atoms with Crippen molar-refractivity contribution in [3.63, 3.8) is 0 Å². The molecular formula is C26H23N7O9S2. The van der Waals surface area contributed by atoms with E-state index in [1.807, 2.05) is 0 Å². The Balaban J connectivity index is 1.39. The maximum atomic E-state index is 13.6. The Morgan fingerprint density at radius 1 is 1.25 bits per heavy atom. The fraction of sp³-hybridized carbons (Fsp3) is 0.231. The Labute approximate surface area is 255 Å². The molecule has 1 aromatic carbocycles. The minimum absolute atomic E-state index is 0.0541. The van der Waals surface area contributed by atoms with Crippen LogP contribution in [0.2, 0.25) is 0 Å². The monoisotopic (exact) mass is 641 g/mol. The van der Waals surface area contributed by atoms with Crippen molar-refractivity contribution in [1.29, 1.82) is 0 Å². The molecule has 228 valence electrons. The summed E-state index contributed by atoms with van der Waals surface area (Å²) in [5.41, 5.74) is 4.18. The molecule has 7 N–H and O–H groups in total. The number of primary amides is 1. The van der Waals surface area contributed by atoms with Gasteiger partial charge in [0.25, 0.3) is 11.8 Å². The number of phenols is 1. The number of rotatable bonds is 9. The number of fused-ring (bicyclic) bond motifs is 2. The summed E-state index contributed by atoms with van der Waals surface area (Å²) in [4.78, 5) is 88.1. The van der Waals surface area contributed by atoms with E-state index >= 15 is 0 Å². The summed E-state index contributed by atoms with van der Waals surface area (Å²) in [5, 5.41) is 24.2. The standard InChI is InChI=1S/C26H23N7O9S2/c1-43-26-29-6-13-18(35)14(7-28-19(13)32-26)20(36)30-15(10-2-4-12(34)5-3-10)21(37)31-16-22(38)33-17(24(39)40)11(8-42-25(27)41)9-44-23(16)33/h2-7,15-16,23,34H,8-9H2,1H3,(H2,27,41)(H,30,36)(H,31,37)(H,39,40)(H,28,29,32,35)/t15?,16?,23-/m0/s1. The summed E-state index contributed by atoms with van der Waals surface area (Å²) in [6.45, 7) is -0.425. The zero-order valence-corrected chi connectivity index (χ0v) is 24.2. The molecule has 0 radical (unpaired) electrons. The van der Waals surface area contributed by atoms with Gasteiger partial charge in [-0.3, -0.25) is 24.1 Å². The number of H-pyrrole nitrogens is 1. The summed E-state index contributed by atoms with van der Waals surface area (Å²) < 4.78 is 4.71. The molecule has 0 aliphatic carbocycles. The number of thioether (sulfide) groups is 2. The molecule has 4 amide bonds. The van der Waals surface area contributed by atoms with Crippen molar-refractivity contribution in [3.05, 3.63) is 69.3 Å². The third kappa shape index (κ3) is 5.76. The molecule has 16 nitrogen and oxygen atoms in total. The molecular weight excluding hydrogens is 618 g/mol. The van der Waals surface area contributed by atoms with E-state index in [4.69, 9.17) is 10.5 Å². The molecule has 4 heterocycles. The van der Waals surface area contributed by atoms with Crippen LogP contribution in [0, 0.1) is 0 Å². The van der Waals surface area contributed by atoms with Crippen LogP contribution in [0.25, 0.3) is 11.0 Å². The number of aromatic hydroxyl groups is 1. The number of hydrogen-bond acceptors (Lipinski definition) is 12. The number of benzene rings is 1. The number of carboxylic acid groups (broad SMARTS) is 1. The molecule has 3 atom stereocenters. The number of β-lactam (4-membered cyclic amide) rings is 1. The van der Waals surface area contributed by atoms with Gasteiger partial charge in [-0.2, -0.15) is 0 Å². The topological polar surface area (TPSA) is 247 Å². The number of pyridine rings is 1. The van der Waals surface area contributed by atoms with Crippen LogP contribution in [0.4, 0.5) is 4.79 Å². The smallest absolute Gasteiger partial charge is 0.404 e. The summed E-state index contributed by atoms with van der Waals surface area (Å²) >= 11 is 2.40. The van der Waals surface area contributed by atoms with Gasteiger partial charge in [0.1, 0.15) is 46.7 Å². The number of carbonyl (C=O) groups is 5. The normalized spacial score (nSPS) is 18.2. The molecule has 44 heavy (non-hydrogen) atoms. The van der Waals surface area contributed by atoms with Crippen LogP contribution in [0.3, 0.4) is 0 Å². The summed E-state index contributed by atoms with van der Waals surface area (Å²) in [6.07, 6.45) is 3.10. The van der Waals surface area contributed by atoms with E-state index in [1.54, 1.807) is 6.26 Å². The first-order valence-electron chi connectivity index (χ1n) is 12.6. The lowest BCUT2D eigenvalue weighted by atomic mass is 10.0. The first-order chi connectivity index (χ1) is 21.0. The Kier molecular flexibility index (Phi) is 8.45.